The molecule has 0 spiro atoms. The van der Waals surface area contributed by atoms with Gasteiger partial charge in [0.15, 0.2) is 5.82 Å². The van der Waals surface area contributed by atoms with Gasteiger partial charge in [0.05, 0.1) is 5.69 Å². The van der Waals surface area contributed by atoms with E-state index >= 15 is 0 Å². The standard InChI is InChI=1S/C15H23N5/c1-10(2)13-8-14-15(17-5-7-20(14)18-13)19-6-4-12(9-19)11(3)16/h5,7-8,10-12H,4,6,9,16H2,1-3H3. The molecule has 0 saturated carbocycles. The van der Waals surface area contributed by atoms with Crippen LogP contribution in [0.1, 0.15) is 38.8 Å². The molecule has 1 saturated heterocycles. The highest BCUT2D eigenvalue weighted by molar-refractivity contribution is 5.69. The first-order valence-corrected chi connectivity index (χ1v) is 7.41. The minimum Gasteiger partial charge on any atom is -0.354 e. The van der Waals surface area contributed by atoms with Crippen molar-refractivity contribution in [2.45, 2.75) is 39.2 Å². The predicted octanol–water partition coefficient (Wildman–Crippen LogP) is 2.03. The number of nitrogens with zero attached hydrogens (tertiary/aromatic N) is 4. The molecule has 0 bridgehead atoms. The maximum Gasteiger partial charge on any atom is 0.154 e. The highest BCUT2D eigenvalue weighted by Crippen LogP contribution is 2.28. The van der Waals surface area contributed by atoms with Crippen molar-refractivity contribution in [3.05, 3.63) is 24.2 Å². The van der Waals surface area contributed by atoms with E-state index in [-0.39, 0.29) is 6.04 Å². The van der Waals surface area contributed by atoms with Crippen LogP contribution in [0.4, 0.5) is 5.82 Å². The lowest BCUT2D eigenvalue weighted by Crippen LogP contribution is -2.30. The zero-order valence-electron chi connectivity index (χ0n) is 12.5. The number of anilines is 1. The first kappa shape index (κ1) is 13.4. The van der Waals surface area contributed by atoms with Crippen LogP contribution >= 0.6 is 0 Å². The lowest BCUT2D eigenvalue weighted by atomic mass is 10.0. The Balaban J connectivity index is 1.96. The minimum absolute atomic E-state index is 0.246. The molecule has 2 unspecified atom stereocenters. The van der Waals surface area contributed by atoms with Gasteiger partial charge in [-0.15, -0.1) is 0 Å². The fourth-order valence-corrected chi connectivity index (χ4v) is 2.86. The van der Waals surface area contributed by atoms with Gasteiger partial charge >= 0.3 is 0 Å². The Hall–Kier alpha value is -1.62. The highest BCUT2D eigenvalue weighted by atomic mass is 15.3. The van der Waals surface area contributed by atoms with Gasteiger partial charge < -0.3 is 10.6 Å². The molecule has 1 aliphatic heterocycles. The minimum atomic E-state index is 0.246. The average molecular weight is 273 g/mol. The van der Waals surface area contributed by atoms with E-state index in [1.54, 1.807) is 0 Å². The van der Waals surface area contributed by atoms with Crippen LogP contribution in [0, 0.1) is 5.92 Å². The molecule has 108 valence electrons. The zero-order valence-corrected chi connectivity index (χ0v) is 12.5. The van der Waals surface area contributed by atoms with Crippen LogP contribution in [-0.4, -0.2) is 33.7 Å². The summed E-state index contributed by atoms with van der Waals surface area (Å²) in [5, 5.41) is 4.62. The number of aromatic nitrogens is 3. The van der Waals surface area contributed by atoms with E-state index in [2.05, 4.69) is 41.8 Å². The SMILES string of the molecule is CC(C)c1cc2c(N3CCC(C(C)N)C3)nccn2n1. The van der Waals surface area contributed by atoms with Gasteiger partial charge in [-0.2, -0.15) is 5.10 Å². The van der Waals surface area contributed by atoms with E-state index in [0.29, 0.717) is 11.8 Å². The molecule has 5 nitrogen and oxygen atoms in total. The number of hydrogen-bond donors (Lipinski definition) is 1. The number of rotatable bonds is 3. The molecule has 0 radical (unpaired) electrons. The normalized spacial score (nSPS) is 21.1. The maximum atomic E-state index is 6.03. The van der Waals surface area contributed by atoms with Crippen molar-refractivity contribution in [2.24, 2.45) is 11.7 Å². The van der Waals surface area contributed by atoms with Crippen molar-refractivity contribution in [1.29, 1.82) is 0 Å². The fourth-order valence-electron chi connectivity index (χ4n) is 2.86. The molecule has 0 aliphatic carbocycles. The van der Waals surface area contributed by atoms with Crippen LogP contribution in [0.3, 0.4) is 0 Å². The second kappa shape index (κ2) is 5.05. The van der Waals surface area contributed by atoms with Crippen molar-refractivity contribution >= 4 is 11.3 Å². The Morgan fingerprint density at radius 1 is 1.35 bits per heavy atom. The van der Waals surface area contributed by atoms with Crippen molar-refractivity contribution in [1.82, 2.24) is 14.6 Å². The molecule has 2 atom stereocenters. The van der Waals surface area contributed by atoms with Crippen LogP contribution in [0.2, 0.25) is 0 Å². The summed E-state index contributed by atoms with van der Waals surface area (Å²) < 4.78 is 1.94. The maximum absolute atomic E-state index is 6.03. The summed E-state index contributed by atoms with van der Waals surface area (Å²) in [7, 11) is 0. The molecule has 3 rings (SSSR count). The Labute approximate surface area is 119 Å². The Morgan fingerprint density at radius 2 is 2.15 bits per heavy atom. The first-order valence-electron chi connectivity index (χ1n) is 7.41. The molecule has 2 aromatic rings. The second-order valence-electron chi connectivity index (χ2n) is 6.16. The molecule has 1 fully saturated rings. The molecule has 20 heavy (non-hydrogen) atoms. The summed E-state index contributed by atoms with van der Waals surface area (Å²) in [6.45, 7) is 8.44. The van der Waals surface area contributed by atoms with Crippen LogP contribution in [0.15, 0.2) is 18.5 Å². The molecule has 3 heterocycles. The quantitative estimate of drug-likeness (QED) is 0.929. The average Bonchev–Trinajstić information content (AvgIpc) is 3.05. The molecule has 5 heteroatoms. The molecule has 0 aromatic carbocycles. The predicted molar refractivity (Wildman–Crippen MR) is 81.0 cm³/mol. The Bertz CT molecular complexity index is 601. The van der Waals surface area contributed by atoms with Crippen LogP contribution < -0.4 is 10.6 Å². The lowest BCUT2D eigenvalue weighted by molar-refractivity contribution is 0.488. The van der Waals surface area contributed by atoms with Gasteiger partial charge in [-0.3, -0.25) is 0 Å². The second-order valence-corrected chi connectivity index (χ2v) is 6.16. The van der Waals surface area contributed by atoms with E-state index in [4.69, 9.17) is 5.73 Å². The van der Waals surface area contributed by atoms with Crippen molar-refractivity contribution in [2.75, 3.05) is 18.0 Å². The van der Waals surface area contributed by atoms with Crippen LogP contribution in [0.5, 0.6) is 0 Å². The van der Waals surface area contributed by atoms with E-state index in [0.717, 1.165) is 36.5 Å². The number of fused-ring (bicyclic) bond motifs is 1. The van der Waals surface area contributed by atoms with E-state index in [1.165, 1.54) is 0 Å². The van der Waals surface area contributed by atoms with Crippen LogP contribution in [0.25, 0.3) is 5.52 Å². The third kappa shape index (κ3) is 2.26. The summed E-state index contributed by atoms with van der Waals surface area (Å²) in [5.41, 5.74) is 8.24. The monoisotopic (exact) mass is 273 g/mol. The number of hydrogen-bond acceptors (Lipinski definition) is 4. The fraction of sp³-hybridized carbons (Fsp3) is 0.600. The van der Waals surface area contributed by atoms with Crippen molar-refractivity contribution < 1.29 is 0 Å². The molecule has 1 aliphatic rings. The smallest absolute Gasteiger partial charge is 0.154 e. The van der Waals surface area contributed by atoms with Gasteiger partial charge in [-0.1, -0.05) is 13.8 Å². The summed E-state index contributed by atoms with van der Waals surface area (Å²) in [6, 6.07) is 2.41. The molecule has 2 aromatic heterocycles. The van der Waals surface area contributed by atoms with E-state index in [9.17, 15) is 0 Å². The molecular weight excluding hydrogens is 250 g/mol. The van der Waals surface area contributed by atoms with E-state index in [1.807, 2.05) is 16.9 Å². The molecular formula is C15H23N5. The Morgan fingerprint density at radius 3 is 2.80 bits per heavy atom. The highest BCUT2D eigenvalue weighted by Gasteiger charge is 2.27. The largest absolute Gasteiger partial charge is 0.354 e. The van der Waals surface area contributed by atoms with Gasteiger partial charge in [0.2, 0.25) is 0 Å². The summed E-state index contributed by atoms with van der Waals surface area (Å²) in [5.74, 6) is 2.03. The molecule has 2 N–H and O–H groups in total. The number of nitrogens with two attached hydrogens (primary N) is 1. The van der Waals surface area contributed by atoms with Gasteiger partial charge in [0, 0.05) is 31.5 Å². The molecule has 0 amide bonds. The van der Waals surface area contributed by atoms with Gasteiger partial charge in [0.25, 0.3) is 0 Å². The Kier molecular flexibility index (Phi) is 3.38. The zero-order chi connectivity index (χ0) is 14.3. The van der Waals surface area contributed by atoms with Crippen molar-refractivity contribution in [3.63, 3.8) is 0 Å². The third-order valence-electron chi connectivity index (χ3n) is 4.25. The first-order chi connectivity index (χ1) is 9.56. The van der Waals surface area contributed by atoms with Crippen LogP contribution in [-0.2, 0) is 0 Å². The van der Waals surface area contributed by atoms with Gasteiger partial charge in [0.1, 0.15) is 5.52 Å². The van der Waals surface area contributed by atoms with Crippen molar-refractivity contribution in [3.8, 4) is 0 Å². The topological polar surface area (TPSA) is 59.5 Å². The third-order valence-corrected chi connectivity index (χ3v) is 4.25. The van der Waals surface area contributed by atoms with E-state index < -0.39 is 0 Å². The van der Waals surface area contributed by atoms with Gasteiger partial charge in [-0.05, 0) is 31.2 Å². The summed E-state index contributed by atoms with van der Waals surface area (Å²) >= 11 is 0. The van der Waals surface area contributed by atoms with Gasteiger partial charge in [-0.25, -0.2) is 9.50 Å². The summed E-state index contributed by atoms with van der Waals surface area (Å²) in [4.78, 5) is 6.92. The lowest BCUT2D eigenvalue weighted by Gasteiger charge is -2.19. The summed E-state index contributed by atoms with van der Waals surface area (Å²) in [6.07, 6.45) is 4.90.